The van der Waals surface area contributed by atoms with Crippen molar-refractivity contribution in [2.75, 3.05) is 0 Å². The fourth-order valence-corrected chi connectivity index (χ4v) is 7.52. The summed E-state index contributed by atoms with van der Waals surface area (Å²) in [4.78, 5) is 3.99. The zero-order valence-corrected chi connectivity index (χ0v) is 26.7. The van der Waals surface area contributed by atoms with Crippen LogP contribution >= 0.6 is 0 Å². The van der Waals surface area contributed by atoms with Gasteiger partial charge in [-0.05, 0) is 77.4 Å². The molecule has 230 valence electrons. The van der Waals surface area contributed by atoms with Gasteiger partial charge in [-0.25, -0.2) is 4.85 Å². The molecule has 0 N–H and O–H groups in total. The minimum atomic E-state index is 0.554. The number of hydrogen-bond acceptors (Lipinski definition) is 2. The van der Waals surface area contributed by atoms with Gasteiger partial charge in [0.15, 0.2) is 5.69 Å². The molecule has 0 saturated heterocycles. The molecule has 0 saturated carbocycles. The van der Waals surface area contributed by atoms with Crippen LogP contribution in [0.25, 0.3) is 82.1 Å². The predicted octanol–water partition coefficient (Wildman–Crippen LogP) is 11.5. The van der Waals surface area contributed by atoms with E-state index in [1.807, 2.05) is 91.0 Å². The maximum atomic E-state index is 10.00. The Bertz CT molecular complexity index is 2970. The van der Waals surface area contributed by atoms with Crippen LogP contribution in [0.15, 0.2) is 152 Å². The summed E-state index contributed by atoms with van der Waals surface area (Å²) >= 11 is 0. The molecule has 9 aromatic rings. The van der Waals surface area contributed by atoms with Crippen molar-refractivity contribution in [1.29, 1.82) is 10.5 Å². The van der Waals surface area contributed by atoms with E-state index in [-0.39, 0.29) is 0 Å². The fraction of sp³-hybridized carbons (Fsp3) is 0. The van der Waals surface area contributed by atoms with Gasteiger partial charge in [-0.2, -0.15) is 10.5 Å². The van der Waals surface area contributed by atoms with E-state index in [2.05, 4.69) is 86.8 Å². The van der Waals surface area contributed by atoms with Gasteiger partial charge in [-0.3, -0.25) is 0 Å². The third-order valence-electron chi connectivity index (χ3n) is 9.63. The fourth-order valence-electron chi connectivity index (χ4n) is 7.52. The van der Waals surface area contributed by atoms with Crippen molar-refractivity contribution < 1.29 is 0 Å². The zero-order valence-electron chi connectivity index (χ0n) is 26.7. The van der Waals surface area contributed by atoms with E-state index in [0.29, 0.717) is 16.8 Å². The highest BCUT2D eigenvalue weighted by Crippen LogP contribution is 2.43. The summed E-state index contributed by atoms with van der Waals surface area (Å²) in [6, 6.07) is 55.5. The van der Waals surface area contributed by atoms with Crippen molar-refractivity contribution in [1.82, 2.24) is 9.13 Å². The topological polar surface area (TPSA) is 61.8 Å². The SMILES string of the molecule is [C-]#[N+]c1ccc(-n2c3ccccc3c3c(C#N)cccc32)cc1-c1ccccc1-c1ccccc1-n1c2ccccc2c2cc(C#N)ccc21. The standard InChI is InChI=1S/C45H25N5/c1-48-39-23-22-31(49-42-19-9-6-16-36(42)45-30(28-47)11-10-20-44(45)49)26-37(39)33-13-3-2-12-32(33)34-14-4-7-17-40(34)50-41-18-8-5-15-35(41)38-25-29(27-46)21-24-43(38)50/h2-26H. The maximum Gasteiger partial charge on any atom is 0.195 e. The maximum absolute atomic E-state index is 10.00. The van der Waals surface area contributed by atoms with Crippen LogP contribution in [0, 0.1) is 29.2 Å². The Morgan fingerprint density at radius 1 is 0.480 bits per heavy atom. The number of benzene rings is 7. The van der Waals surface area contributed by atoms with Gasteiger partial charge in [0.05, 0.1) is 57.6 Å². The summed E-state index contributed by atoms with van der Waals surface area (Å²) in [5.74, 6) is 0. The number of fused-ring (bicyclic) bond motifs is 6. The quantitative estimate of drug-likeness (QED) is 0.181. The lowest BCUT2D eigenvalue weighted by molar-refractivity contribution is 1.18. The molecule has 0 aliphatic heterocycles. The molecule has 5 nitrogen and oxygen atoms in total. The second-order valence-electron chi connectivity index (χ2n) is 12.2. The molecule has 50 heavy (non-hydrogen) atoms. The van der Waals surface area contributed by atoms with Crippen LogP contribution in [0.2, 0.25) is 0 Å². The molecule has 2 heterocycles. The van der Waals surface area contributed by atoms with E-state index in [9.17, 15) is 10.5 Å². The van der Waals surface area contributed by atoms with Crippen LogP contribution in [0.1, 0.15) is 11.1 Å². The Balaban J connectivity index is 1.30. The van der Waals surface area contributed by atoms with Crippen LogP contribution in [-0.2, 0) is 0 Å². The van der Waals surface area contributed by atoms with E-state index in [1.54, 1.807) is 0 Å². The normalized spacial score (nSPS) is 11.1. The smallest absolute Gasteiger partial charge is 0.195 e. The summed E-state index contributed by atoms with van der Waals surface area (Å²) in [5.41, 5.74) is 11.5. The van der Waals surface area contributed by atoms with Gasteiger partial charge in [0.2, 0.25) is 0 Å². The zero-order chi connectivity index (χ0) is 33.8. The van der Waals surface area contributed by atoms with Gasteiger partial charge < -0.3 is 9.13 Å². The van der Waals surface area contributed by atoms with Gasteiger partial charge in [-0.1, -0.05) is 91.0 Å². The second kappa shape index (κ2) is 11.4. The molecule has 0 fully saturated rings. The summed E-state index contributed by atoms with van der Waals surface area (Å²) in [5, 5.41) is 23.7. The summed E-state index contributed by atoms with van der Waals surface area (Å²) in [6.45, 7) is 8.19. The van der Waals surface area contributed by atoms with Crippen LogP contribution in [0.5, 0.6) is 0 Å². The number of rotatable bonds is 4. The molecule has 0 aliphatic rings. The highest BCUT2D eigenvalue weighted by Gasteiger charge is 2.20. The lowest BCUT2D eigenvalue weighted by atomic mass is 9.92. The van der Waals surface area contributed by atoms with E-state index in [0.717, 1.165) is 77.2 Å². The molecule has 0 atom stereocenters. The first-order valence-corrected chi connectivity index (χ1v) is 16.3. The summed E-state index contributed by atoms with van der Waals surface area (Å²) in [7, 11) is 0. The highest BCUT2D eigenvalue weighted by atomic mass is 15.0. The van der Waals surface area contributed by atoms with Crippen molar-refractivity contribution >= 4 is 49.3 Å². The van der Waals surface area contributed by atoms with Gasteiger partial charge in [-0.15, -0.1) is 0 Å². The Morgan fingerprint density at radius 3 is 1.88 bits per heavy atom. The van der Waals surface area contributed by atoms with Crippen molar-refractivity contribution in [3.8, 4) is 45.8 Å². The van der Waals surface area contributed by atoms with E-state index in [4.69, 9.17) is 6.57 Å². The molecule has 0 bridgehead atoms. The largest absolute Gasteiger partial charge is 0.309 e. The number of nitriles is 2. The molecule has 2 aromatic heterocycles. The van der Waals surface area contributed by atoms with Crippen molar-refractivity contribution in [3.05, 3.63) is 174 Å². The van der Waals surface area contributed by atoms with Gasteiger partial charge in [0, 0.05) is 32.8 Å². The second-order valence-corrected chi connectivity index (χ2v) is 12.2. The van der Waals surface area contributed by atoms with Crippen LogP contribution in [-0.4, -0.2) is 9.13 Å². The first-order valence-electron chi connectivity index (χ1n) is 16.3. The van der Waals surface area contributed by atoms with E-state index < -0.39 is 0 Å². The first-order chi connectivity index (χ1) is 24.7. The minimum Gasteiger partial charge on any atom is -0.309 e. The molecule has 7 aromatic carbocycles. The Kier molecular flexibility index (Phi) is 6.56. The molecular formula is C45H25N5. The molecule has 0 radical (unpaired) electrons. The molecule has 9 rings (SSSR count). The molecular weight excluding hydrogens is 611 g/mol. The average molecular weight is 636 g/mol. The molecule has 5 heteroatoms. The number of hydrogen-bond donors (Lipinski definition) is 0. The summed E-state index contributed by atoms with van der Waals surface area (Å²) in [6.07, 6.45) is 0. The van der Waals surface area contributed by atoms with E-state index in [1.165, 1.54) is 0 Å². The third kappa shape index (κ3) is 4.24. The van der Waals surface area contributed by atoms with E-state index >= 15 is 0 Å². The van der Waals surface area contributed by atoms with Gasteiger partial charge >= 0.3 is 0 Å². The Hall–Kier alpha value is -7.39. The Labute approximate surface area is 288 Å². The number of nitrogens with zero attached hydrogens (tertiary/aromatic N) is 5. The first kappa shape index (κ1) is 28.8. The van der Waals surface area contributed by atoms with Crippen LogP contribution in [0.3, 0.4) is 0 Å². The van der Waals surface area contributed by atoms with Gasteiger partial charge in [0.1, 0.15) is 0 Å². The molecule has 0 amide bonds. The average Bonchev–Trinajstić information content (AvgIpc) is 3.70. The molecule has 0 unspecified atom stereocenters. The van der Waals surface area contributed by atoms with Gasteiger partial charge in [0.25, 0.3) is 0 Å². The number of para-hydroxylation sites is 3. The molecule has 0 spiro atoms. The lowest BCUT2D eigenvalue weighted by Gasteiger charge is -2.18. The third-order valence-corrected chi connectivity index (χ3v) is 9.63. The van der Waals surface area contributed by atoms with Crippen LogP contribution < -0.4 is 0 Å². The van der Waals surface area contributed by atoms with Crippen LogP contribution in [0.4, 0.5) is 5.69 Å². The van der Waals surface area contributed by atoms with Crippen molar-refractivity contribution in [2.24, 2.45) is 0 Å². The highest BCUT2D eigenvalue weighted by molar-refractivity contribution is 6.12. The van der Waals surface area contributed by atoms with Crippen molar-refractivity contribution in [2.45, 2.75) is 0 Å². The predicted molar refractivity (Wildman–Crippen MR) is 202 cm³/mol. The Morgan fingerprint density at radius 2 is 1.12 bits per heavy atom. The monoisotopic (exact) mass is 635 g/mol. The minimum absolute atomic E-state index is 0.554. The molecule has 0 aliphatic carbocycles. The number of aromatic nitrogens is 2. The van der Waals surface area contributed by atoms with Crippen molar-refractivity contribution in [3.63, 3.8) is 0 Å². The summed E-state index contributed by atoms with van der Waals surface area (Å²) < 4.78 is 4.46. The lowest BCUT2D eigenvalue weighted by Crippen LogP contribution is -1.98.